The number of benzene rings is 2. The molecule has 0 aliphatic heterocycles. The van der Waals surface area contributed by atoms with Gasteiger partial charge in [-0.1, -0.05) is 36.4 Å². The summed E-state index contributed by atoms with van der Waals surface area (Å²) in [6.45, 7) is 2.96. The second-order valence-electron chi connectivity index (χ2n) is 6.26. The van der Waals surface area contributed by atoms with Crippen molar-refractivity contribution < 1.29 is 10.2 Å². The highest BCUT2D eigenvalue weighted by Gasteiger charge is 2.24. The molecule has 2 aromatic carbocycles. The SMILES string of the molecule is OCc1ccc(CN(Cc2cccc(O)c2)CC2CC2)cc1. The predicted octanol–water partition coefficient (Wildman–Crippen LogP) is 3.30. The van der Waals surface area contributed by atoms with Crippen molar-refractivity contribution in [1.82, 2.24) is 4.90 Å². The van der Waals surface area contributed by atoms with E-state index in [1.54, 1.807) is 6.07 Å². The Morgan fingerprint density at radius 1 is 0.909 bits per heavy atom. The molecule has 0 unspecified atom stereocenters. The average Bonchev–Trinajstić information content (AvgIpc) is 3.32. The maximum atomic E-state index is 9.63. The molecular weight excluding hydrogens is 274 g/mol. The summed E-state index contributed by atoms with van der Waals surface area (Å²) in [5.74, 6) is 1.16. The molecule has 1 fully saturated rings. The third kappa shape index (κ3) is 4.33. The van der Waals surface area contributed by atoms with E-state index in [2.05, 4.69) is 23.1 Å². The highest BCUT2D eigenvalue weighted by molar-refractivity contribution is 5.27. The zero-order valence-corrected chi connectivity index (χ0v) is 12.8. The van der Waals surface area contributed by atoms with Crippen molar-refractivity contribution in [3.05, 3.63) is 65.2 Å². The minimum Gasteiger partial charge on any atom is -0.508 e. The van der Waals surface area contributed by atoms with Crippen LogP contribution in [0.2, 0.25) is 0 Å². The van der Waals surface area contributed by atoms with Gasteiger partial charge in [0.25, 0.3) is 0 Å². The largest absolute Gasteiger partial charge is 0.508 e. The first-order valence-corrected chi connectivity index (χ1v) is 7.92. The van der Waals surface area contributed by atoms with Crippen LogP contribution in [0.4, 0.5) is 0 Å². The zero-order chi connectivity index (χ0) is 15.4. The molecule has 0 spiro atoms. The van der Waals surface area contributed by atoms with Crippen molar-refractivity contribution in [3.63, 3.8) is 0 Å². The van der Waals surface area contributed by atoms with Gasteiger partial charge in [0.1, 0.15) is 5.75 Å². The van der Waals surface area contributed by atoms with Gasteiger partial charge in [-0.25, -0.2) is 0 Å². The Morgan fingerprint density at radius 3 is 2.23 bits per heavy atom. The van der Waals surface area contributed by atoms with Crippen molar-refractivity contribution in [2.24, 2.45) is 5.92 Å². The van der Waals surface area contributed by atoms with Crippen LogP contribution < -0.4 is 0 Å². The number of phenolic OH excluding ortho intramolecular Hbond substituents is 1. The van der Waals surface area contributed by atoms with Crippen LogP contribution in [0.5, 0.6) is 5.75 Å². The van der Waals surface area contributed by atoms with Gasteiger partial charge in [-0.2, -0.15) is 0 Å². The lowest BCUT2D eigenvalue weighted by molar-refractivity contribution is 0.245. The Morgan fingerprint density at radius 2 is 1.59 bits per heavy atom. The number of hydrogen-bond donors (Lipinski definition) is 2. The third-order valence-corrected chi connectivity index (χ3v) is 4.14. The van der Waals surface area contributed by atoms with E-state index in [0.717, 1.165) is 36.7 Å². The van der Waals surface area contributed by atoms with Gasteiger partial charge in [0.15, 0.2) is 0 Å². The first-order valence-electron chi connectivity index (χ1n) is 7.92. The topological polar surface area (TPSA) is 43.7 Å². The second-order valence-corrected chi connectivity index (χ2v) is 6.26. The lowest BCUT2D eigenvalue weighted by atomic mass is 10.1. The van der Waals surface area contributed by atoms with Gasteiger partial charge in [0, 0.05) is 19.6 Å². The quantitative estimate of drug-likeness (QED) is 0.824. The van der Waals surface area contributed by atoms with Crippen LogP contribution in [0.25, 0.3) is 0 Å². The van der Waals surface area contributed by atoms with E-state index >= 15 is 0 Å². The van der Waals surface area contributed by atoms with Crippen molar-refractivity contribution in [1.29, 1.82) is 0 Å². The van der Waals surface area contributed by atoms with Gasteiger partial charge < -0.3 is 10.2 Å². The lowest BCUT2D eigenvalue weighted by Crippen LogP contribution is -2.25. The van der Waals surface area contributed by atoms with E-state index in [4.69, 9.17) is 5.11 Å². The number of phenols is 1. The minimum atomic E-state index is 0.0926. The summed E-state index contributed by atoms with van der Waals surface area (Å²) in [5, 5.41) is 18.7. The fourth-order valence-electron chi connectivity index (χ4n) is 2.77. The van der Waals surface area contributed by atoms with Gasteiger partial charge in [0.05, 0.1) is 6.61 Å². The van der Waals surface area contributed by atoms with Crippen molar-refractivity contribution in [2.45, 2.75) is 32.5 Å². The van der Waals surface area contributed by atoms with E-state index in [9.17, 15) is 5.11 Å². The monoisotopic (exact) mass is 297 g/mol. The summed E-state index contributed by atoms with van der Waals surface area (Å²) in [5.41, 5.74) is 3.36. The highest BCUT2D eigenvalue weighted by Crippen LogP contribution is 2.31. The Hall–Kier alpha value is -1.84. The van der Waals surface area contributed by atoms with Crippen LogP contribution in [0, 0.1) is 5.92 Å². The molecule has 0 saturated heterocycles. The summed E-state index contributed by atoms with van der Waals surface area (Å²) < 4.78 is 0. The summed E-state index contributed by atoms with van der Waals surface area (Å²) in [6.07, 6.45) is 2.67. The van der Waals surface area contributed by atoms with Crippen molar-refractivity contribution in [2.75, 3.05) is 6.54 Å². The van der Waals surface area contributed by atoms with Crippen LogP contribution in [-0.4, -0.2) is 21.7 Å². The summed E-state index contributed by atoms with van der Waals surface area (Å²) in [4.78, 5) is 2.44. The molecule has 1 aliphatic carbocycles. The molecule has 2 N–H and O–H groups in total. The van der Waals surface area contributed by atoms with E-state index < -0.39 is 0 Å². The van der Waals surface area contributed by atoms with Gasteiger partial charge in [0.2, 0.25) is 0 Å². The number of rotatable bonds is 7. The normalized spacial score (nSPS) is 14.5. The van der Waals surface area contributed by atoms with Gasteiger partial charge >= 0.3 is 0 Å². The van der Waals surface area contributed by atoms with E-state index in [0.29, 0.717) is 5.75 Å². The fraction of sp³-hybridized carbons (Fsp3) is 0.368. The Bertz CT molecular complexity index is 605. The number of nitrogens with zero attached hydrogens (tertiary/aromatic N) is 1. The summed E-state index contributed by atoms with van der Waals surface area (Å²) >= 11 is 0. The summed E-state index contributed by atoms with van der Waals surface area (Å²) in [6, 6.07) is 15.7. The van der Waals surface area contributed by atoms with Gasteiger partial charge in [-0.05, 0) is 47.6 Å². The first kappa shape index (κ1) is 15.1. The standard InChI is InChI=1S/C19H23NO2/c21-14-17-8-6-16(7-9-17)12-20(11-15-4-5-15)13-18-2-1-3-19(22)10-18/h1-3,6-10,15,21-22H,4-5,11-14H2. The van der Waals surface area contributed by atoms with Crippen LogP contribution in [0.15, 0.2) is 48.5 Å². The molecule has 22 heavy (non-hydrogen) atoms. The molecule has 116 valence electrons. The molecular formula is C19H23NO2. The van der Waals surface area contributed by atoms with Crippen LogP contribution in [-0.2, 0) is 19.7 Å². The molecule has 2 aromatic rings. The molecule has 3 rings (SSSR count). The van der Waals surface area contributed by atoms with Crippen molar-refractivity contribution >= 4 is 0 Å². The number of aromatic hydroxyl groups is 1. The molecule has 0 bridgehead atoms. The maximum Gasteiger partial charge on any atom is 0.115 e. The highest BCUT2D eigenvalue weighted by atomic mass is 16.3. The molecule has 3 nitrogen and oxygen atoms in total. The van der Waals surface area contributed by atoms with Crippen LogP contribution in [0.3, 0.4) is 0 Å². The lowest BCUT2D eigenvalue weighted by Gasteiger charge is -2.22. The number of aliphatic hydroxyl groups excluding tert-OH is 1. The molecule has 1 aliphatic rings. The van der Waals surface area contributed by atoms with Crippen LogP contribution in [0.1, 0.15) is 29.5 Å². The molecule has 0 heterocycles. The number of aliphatic hydroxyl groups is 1. The van der Waals surface area contributed by atoms with E-state index in [1.807, 2.05) is 24.3 Å². The Balaban J connectivity index is 1.68. The molecule has 0 atom stereocenters. The predicted molar refractivity (Wildman–Crippen MR) is 87.3 cm³/mol. The molecule has 0 amide bonds. The maximum absolute atomic E-state index is 9.63. The Labute approximate surface area is 131 Å². The van der Waals surface area contributed by atoms with Gasteiger partial charge in [-0.15, -0.1) is 0 Å². The fourth-order valence-corrected chi connectivity index (χ4v) is 2.77. The third-order valence-electron chi connectivity index (χ3n) is 4.14. The molecule has 3 heteroatoms. The number of hydrogen-bond acceptors (Lipinski definition) is 3. The van der Waals surface area contributed by atoms with Crippen molar-refractivity contribution in [3.8, 4) is 5.75 Å². The van der Waals surface area contributed by atoms with E-state index in [1.165, 1.54) is 18.4 Å². The zero-order valence-electron chi connectivity index (χ0n) is 12.8. The molecule has 0 aromatic heterocycles. The Kier molecular flexibility index (Phi) is 4.76. The summed E-state index contributed by atoms with van der Waals surface area (Å²) in [7, 11) is 0. The smallest absolute Gasteiger partial charge is 0.115 e. The van der Waals surface area contributed by atoms with Crippen LogP contribution >= 0.6 is 0 Å². The first-order chi connectivity index (χ1) is 10.7. The average molecular weight is 297 g/mol. The van der Waals surface area contributed by atoms with E-state index in [-0.39, 0.29) is 6.61 Å². The second kappa shape index (κ2) is 6.95. The minimum absolute atomic E-state index is 0.0926. The molecule has 0 radical (unpaired) electrons. The van der Waals surface area contributed by atoms with Gasteiger partial charge in [-0.3, -0.25) is 4.90 Å². The molecule has 1 saturated carbocycles.